The number of para-hydroxylation sites is 1. The van der Waals surface area contributed by atoms with Crippen molar-refractivity contribution in [3.05, 3.63) is 73.3 Å². The molecule has 0 heterocycles. The first-order valence-electron chi connectivity index (χ1n) is 5.89. The fourth-order valence-corrected chi connectivity index (χ4v) is 2.00. The monoisotopic (exact) mass is 307 g/mol. The predicted octanol–water partition coefficient (Wildman–Crippen LogP) is 3.77. The van der Waals surface area contributed by atoms with Crippen molar-refractivity contribution in [3.63, 3.8) is 0 Å². The number of nitrogens with zero attached hydrogens (tertiary/aromatic N) is 2. The standard InChI is InChI=1S/C13H10ClN3O4/c14-10-5-6-11(13(7-10)17(20)21)15-8-9-3-1-2-4-12(9)16(18)19/h1-7,15H,8H2. The van der Waals surface area contributed by atoms with Gasteiger partial charge in [-0.2, -0.15) is 0 Å². The van der Waals surface area contributed by atoms with E-state index in [-0.39, 0.29) is 28.6 Å². The number of benzene rings is 2. The van der Waals surface area contributed by atoms with Gasteiger partial charge in [0.1, 0.15) is 5.69 Å². The van der Waals surface area contributed by atoms with E-state index in [2.05, 4.69) is 5.32 Å². The molecule has 0 aliphatic heterocycles. The lowest BCUT2D eigenvalue weighted by molar-refractivity contribution is -0.385. The summed E-state index contributed by atoms with van der Waals surface area (Å²) in [6.45, 7) is 0.0969. The summed E-state index contributed by atoms with van der Waals surface area (Å²) >= 11 is 5.72. The van der Waals surface area contributed by atoms with E-state index < -0.39 is 9.85 Å². The number of rotatable bonds is 5. The molecule has 0 bridgehead atoms. The van der Waals surface area contributed by atoms with Gasteiger partial charge in [-0.3, -0.25) is 20.2 Å². The Labute approximate surface area is 124 Å². The molecule has 8 heteroatoms. The van der Waals surface area contributed by atoms with Crippen LogP contribution in [0.5, 0.6) is 0 Å². The Kier molecular flexibility index (Phi) is 4.34. The summed E-state index contributed by atoms with van der Waals surface area (Å²) in [4.78, 5) is 20.8. The molecule has 2 aromatic carbocycles. The smallest absolute Gasteiger partial charge is 0.293 e. The van der Waals surface area contributed by atoms with Crippen LogP contribution in [0.25, 0.3) is 0 Å². The largest absolute Gasteiger partial charge is 0.375 e. The third kappa shape index (κ3) is 3.46. The van der Waals surface area contributed by atoms with Gasteiger partial charge in [-0.05, 0) is 12.1 Å². The number of anilines is 1. The molecule has 0 amide bonds. The van der Waals surface area contributed by atoms with E-state index in [1.807, 2.05) is 0 Å². The maximum atomic E-state index is 11.0. The number of halogens is 1. The zero-order valence-corrected chi connectivity index (χ0v) is 11.4. The molecule has 0 aromatic heterocycles. The first-order valence-corrected chi connectivity index (χ1v) is 6.27. The van der Waals surface area contributed by atoms with Gasteiger partial charge in [0.25, 0.3) is 11.4 Å². The van der Waals surface area contributed by atoms with Crippen molar-refractivity contribution in [2.24, 2.45) is 0 Å². The van der Waals surface area contributed by atoms with E-state index >= 15 is 0 Å². The maximum absolute atomic E-state index is 11.0. The molecule has 0 saturated carbocycles. The van der Waals surface area contributed by atoms with Crippen molar-refractivity contribution in [1.82, 2.24) is 0 Å². The van der Waals surface area contributed by atoms with Crippen molar-refractivity contribution >= 4 is 28.7 Å². The van der Waals surface area contributed by atoms with Crippen LogP contribution in [0.15, 0.2) is 42.5 Å². The van der Waals surface area contributed by atoms with Crippen molar-refractivity contribution in [3.8, 4) is 0 Å². The first kappa shape index (κ1) is 14.7. The van der Waals surface area contributed by atoms with Crippen LogP contribution in [-0.2, 0) is 6.54 Å². The molecule has 0 aliphatic carbocycles. The van der Waals surface area contributed by atoms with E-state index in [0.29, 0.717) is 5.56 Å². The molecule has 0 radical (unpaired) electrons. The van der Waals surface area contributed by atoms with Crippen LogP contribution in [0, 0.1) is 20.2 Å². The molecule has 7 nitrogen and oxygen atoms in total. The molecule has 0 fully saturated rings. The molecule has 0 aliphatic rings. The van der Waals surface area contributed by atoms with Crippen LogP contribution >= 0.6 is 11.6 Å². The molecule has 0 atom stereocenters. The minimum Gasteiger partial charge on any atom is -0.375 e. The van der Waals surface area contributed by atoms with Crippen molar-refractivity contribution < 1.29 is 9.85 Å². The lowest BCUT2D eigenvalue weighted by Crippen LogP contribution is -2.05. The highest BCUT2D eigenvalue weighted by Gasteiger charge is 2.16. The van der Waals surface area contributed by atoms with Gasteiger partial charge in [0.15, 0.2) is 0 Å². The van der Waals surface area contributed by atoms with Gasteiger partial charge in [0.05, 0.1) is 9.85 Å². The number of hydrogen-bond donors (Lipinski definition) is 1. The average Bonchev–Trinajstić information content (AvgIpc) is 2.46. The van der Waals surface area contributed by atoms with Gasteiger partial charge in [-0.15, -0.1) is 0 Å². The summed E-state index contributed by atoms with van der Waals surface area (Å²) in [5.74, 6) is 0. The third-order valence-electron chi connectivity index (χ3n) is 2.81. The second-order valence-electron chi connectivity index (χ2n) is 4.16. The van der Waals surface area contributed by atoms with E-state index in [0.717, 1.165) is 0 Å². The molecule has 0 saturated heterocycles. The first-order chi connectivity index (χ1) is 9.99. The van der Waals surface area contributed by atoms with Gasteiger partial charge in [0, 0.05) is 29.3 Å². The van der Waals surface area contributed by atoms with Crippen LogP contribution in [0.3, 0.4) is 0 Å². The average molecular weight is 308 g/mol. The van der Waals surface area contributed by atoms with Gasteiger partial charge in [0.2, 0.25) is 0 Å². The second-order valence-corrected chi connectivity index (χ2v) is 4.59. The zero-order chi connectivity index (χ0) is 15.4. The van der Waals surface area contributed by atoms with Crippen molar-refractivity contribution in [2.45, 2.75) is 6.54 Å². The lowest BCUT2D eigenvalue weighted by Gasteiger charge is -2.08. The summed E-state index contributed by atoms with van der Waals surface area (Å²) in [5, 5.41) is 24.9. The fourth-order valence-electron chi connectivity index (χ4n) is 1.83. The van der Waals surface area contributed by atoms with E-state index in [4.69, 9.17) is 11.6 Å². The lowest BCUT2D eigenvalue weighted by atomic mass is 10.1. The molecule has 108 valence electrons. The number of nitro groups is 2. The maximum Gasteiger partial charge on any atom is 0.293 e. The highest BCUT2D eigenvalue weighted by molar-refractivity contribution is 6.30. The summed E-state index contributed by atoms with van der Waals surface area (Å²) in [6.07, 6.45) is 0. The van der Waals surface area contributed by atoms with Crippen molar-refractivity contribution in [1.29, 1.82) is 0 Å². The summed E-state index contributed by atoms with van der Waals surface area (Å²) in [6, 6.07) is 10.4. The number of nitro benzene ring substituents is 2. The van der Waals surface area contributed by atoms with E-state index in [1.54, 1.807) is 18.2 Å². The Hall–Kier alpha value is -2.67. The Balaban J connectivity index is 2.25. The zero-order valence-electron chi connectivity index (χ0n) is 10.7. The summed E-state index contributed by atoms with van der Waals surface area (Å²) < 4.78 is 0. The molecule has 1 N–H and O–H groups in total. The Morgan fingerprint density at radius 3 is 2.33 bits per heavy atom. The fraction of sp³-hybridized carbons (Fsp3) is 0.0769. The van der Waals surface area contributed by atoms with Crippen LogP contribution < -0.4 is 5.32 Å². The van der Waals surface area contributed by atoms with Crippen LogP contribution in [0.2, 0.25) is 5.02 Å². The van der Waals surface area contributed by atoms with Gasteiger partial charge < -0.3 is 5.32 Å². The van der Waals surface area contributed by atoms with Crippen LogP contribution in [-0.4, -0.2) is 9.85 Å². The van der Waals surface area contributed by atoms with Crippen molar-refractivity contribution in [2.75, 3.05) is 5.32 Å². The molecule has 2 rings (SSSR count). The van der Waals surface area contributed by atoms with E-state index in [1.165, 1.54) is 24.3 Å². The summed E-state index contributed by atoms with van der Waals surface area (Å²) in [7, 11) is 0. The topological polar surface area (TPSA) is 98.3 Å². The Bertz CT molecular complexity index is 706. The molecule has 0 spiro atoms. The number of nitrogens with one attached hydrogen (secondary N) is 1. The number of hydrogen-bond acceptors (Lipinski definition) is 5. The van der Waals surface area contributed by atoms with Gasteiger partial charge in [-0.1, -0.05) is 29.8 Å². The van der Waals surface area contributed by atoms with Gasteiger partial charge in [-0.25, -0.2) is 0 Å². The quantitative estimate of drug-likeness (QED) is 0.669. The normalized spacial score (nSPS) is 10.1. The third-order valence-corrected chi connectivity index (χ3v) is 3.05. The van der Waals surface area contributed by atoms with Crippen LogP contribution in [0.1, 0.15) is 5.56 Å². The predicted molar refractivity (Wildman–Crippen MR) is 78.5 cm³/mol. The molecule has 2 aromatic rings. The molecular formula is C13H10ClN3O4. The minimum atomic E-state index is -0.562. The highest BCUT2D eigenvalue weighted by Crippen LogP contribution is 2.29. The SMILES string of the molecule is O=[N+]([O-])c1ccccc1CNc1ccc(Cl)cc1[N+](=O)[O-]. The molecule has 21 heavy (non-hydrogen) atoms. The molecule has 0 unspecified atom stereocenters. The highest BCUT2D eigenvalue weighted by atomic mass is 35.5. The van der Waals surface area contributed by atoms with E-state index in [9.17, 15) is 20.2 Å². The molecular weight excluding hydrogens is 298 g/mol. The summed E-state index contributed by atoms with van der Waals surface area (Å²) in [5.41, 5.74) is 0.469. The van der Waals surface area contributed by atoms with Crippen LogP contribution in [0.4, 0.5) is 17.1 Å². The Morgan fingerprint density at radius 2 is 1.67 bits per heavy atom. The Morgan fingerprint density at radius 1 is 1.00 bits per heavy atom. The second kappa shape index (κ2) is 6.19. The minimum absolute atomic E-state index is 0.0402. The van der Waals surface area contributed by atoms with Gasteiger partial charge >= 0.3 is 0 Å².